The van der Waals surface area contributed by atoms with E-state index in [1.165, 1.54) is 0 Å². The van der Waals surface area contributed by atoms with Crippen molar-refractivity contribution in [3.63, 3.8) is 0 Å². The van der Waals surface area contributed by atoms with Crippen LogP contribution in [0.4, 0.5) is 0 Å². The Morgan fingerprint density at radius 3 is 2.63 bits per heavy atom. The second-order valence-corrected chi connectivity index (χ2v) is 13.5. The number of aliphatic hydroxyl groups excluding tert-OH is 1. The molecule has 0 aromatic heterocycles. The van der Waals surface area contributed by atoms with E-state index in [0.717, 1.165) is 57.6 Å². The lowest BCUT2D eigenvalue weighted by Crippen LogP contribution is -2.62. The zero-order valence-corrected chi connectivity index (χ0v) is 24.6. The van der Waals surface area contributed by atoms with E-state index in [1.54, 1.807) is 6.08 Å². The molecule has 10 heteroatoms. The smallest absolute Gasteiger partial charge is 0.306 e. The second kappa shape index (κ2) is 11.9. The highest BCUT2D eigenvalue weighted by Crippen LogP contribution is 2.67. The monoisotopic (exact) mass is 573 g/mol. The van der Waals surface area contributed by atoms with Gasteiger partial charge >= 0.3 is 5.97 Å². The summed E-state index contributed by atoms with van der Waals surface area (Å²) < 4.78 is 5.24. The third-order valence-corrected chi connectivity index (χ3v) is 11.4. The molecule has 0 unspecified atom stereocenters. The summed E-state index contributed by atoms with van der Waals surface area (Å²) in [6.45, 7) is 8.59. The summed E-state index contributed by atoms with van der Waals surface area (Å²) in [5.41, 5.74) is -1.62. The van der Waals surface area contributed by atoms with Crippen LogP contribution in [0.5, 0.6) is 0 Å². The molecule has 10 nitrogen and oxygen atoms in total. The summed E-state index contributed by atoms with van der Waals surface area (Å²) in [7, 11) is 0. The number of hydrogen-bond donors (Lipinski definition) is 4. The van der Waals surface area contributed by atoms with Crippen molar-refractivity contribution < 1.29 is 34.1 Å². The first-order chi connectivity index (χ1) is 19.5. The van der Waals surface area contributed by atoms with Gasteiger partial charge in [-0.2, -0.15) is 0 Å². The first-order valence-corrected chi connectivity index (χ1v) is 15.5. The van der Waals surface area contributed by atoms with Crippen molar-refractivity contribution in [1.29, 1.82) is 0 Å². The summed E-state index contributed by atoms with van der Waals surface area (Å²) in [5.74, 6) is -1.06. The van der Waals surface area contributed by atoms with E-state index >= 15 is 0 Å². The highest BCUT2D eigenvalue weighted by molar-refractivity contribution is 5.92. The topological polar surface area (TPSA) is 145 Å². The van der Waals surface area contributed by atoms with E-state index < -0.39 is 35.5 Å². The van der Waals surface area contributed by atoms with Crippen LogP contribution in [0.25, 0.3) is 0 Å². The molecular formula is C31H47N3O7. The van der Waals surface area contributed by atoms with Gasteiger partial charge in [0.15, 0.2) is 12.4 Å². The molecule has 1 saturated heterocycles. The molecule has 0 spiro atoms. The van der Waals surface area contributed by atoms with E-state index in [4.69, 9.17) is 4.74 Å². The van der Waals surface area contributed by atoms with Crippen LogP contribution in [-0.2, 0) is 23.9 Å². The number of ether oxygens (including phenoxy) is 1. The Labute approximate surface area is 242 Å². The summed E-state index contributed by atoms with van der Waals surface area (Å²) in [6.07, 6.45) is 5.02. The zero-order valence-electron chi connectivity index (χ0n) is 24.6. The van der Waals surface area contributed by atoms with Crippen LogP contribution in [0, 0.1) is 28.6 Å². The third-order valence-electron chi connectivity index (χ3n) is 11.4. The number of carbonyl (C=O) groups is 4. The van der Waals surface area contributed by atoms with Crippen molar-refractivity contribution in [1.82, 2.24) is 15.5 Å². The molecular weight excluding hydrogens is 526 g/mol. The summed E-state index contributed by atoms with van der Waals surface area (Å²) in [5, 5.41) is 29.4. The van der Waals surface area contributed by atoms with E-state index in [9.17, 15) is 29.4 Å². The molecule has 0 aromatic rings. The van der Waals surface area contributed by atoms with Gasteiger partial charge in [-0.25, -0.2) is 0 Å². The Kier molecular flexibility index (Phi) is 8.77. The molecule has 1 heterocycles. The van der Waals surface area contributed by atoms with Gasteiger partial charge in [-0.1, -0.05) is 19.4 Å². The average molecular weight is 574 g/mol. The number of Topliss-reactive ketones (excluding diaryl/α,β-unsaturated/α-hetero) is 1. The SMILES string of the molecule is C[C@]12CCC(=O)C=C1CC[C@@H]1[C@@H]2[C@@H](O)C[C@@]2(C)[C@H]1CC[C@]2(O)C(=O)COC(=O)CCC(=O)NCCN1CCNCC1. The van der Waals surface area contributed by atoms with Crippen LogP contribution in [-0.4, -0.2) is 96.1 Å². The minimum Gasteiger partial charge on any atom is -0.458 e. The predicted octanol–water partition coefficient (Wildman–Crippen LogP) is 1.13. The van der Waals surface area contributed by atoms with Gasteiger partial charge in [-0.05, 0) is 67.8 Å². The number of esters is 1. The summed E-state index contributed by atoms with van der Waals surface area (Å²) >= 11 is 0. The van der Waals surface area contributed by atoms with Crippen molar-refractivity contribution >= 4 is 23.4 Å². The van der Waals surface area contributed by atoms with Crippen LogP contribution in [0.2, 0.25) is 0 Å². The van der Waals surface area contributed by atoms with Gasteiger partial charge in [0, 0.05) is 57.5 Å². The van der Waals surface area contributed by atoms with Crippen LogP contribution >= 0.6 is 0 Å². The molecule has 1 aliphatic heterocycles. The Morgan fingerprint density at radius 2 is 1.88 bits per heavy atom. The van der Waals surface area contributed by atoms with Crippen molar-refractivity contribution in [3.8, 4) is 0 Å². The molecule has 4 aliphatic carbocycles. The number of nitrogens with zero attached hydrogens (tertiary/aromatic N) is 1. The normalized spacial score (nSPS) is 38.7. The number of ketones is 2. The fraction of sp³-hybridized carbons (Fsp3) is 0.806. The molecule has 7 atom stereocenters. The summed E-state index contributed by atoms with van der Waals surface area (Å²) in [6, 6.07) is 0. The fourth-order valence-corrected chi connectivity index (χ4v) is 9.08. The van der Waals surface area contributed by atoms with Gasteiger partial charge in [0.1, 0.15) is 5.60 Å². The number of aliphatic hydroxyl groups is 2. The minimum atomic E-state index is -1.69. The van der Waals surface area contributed by atoms with Gasteiger partial charge in [0.2, 0.25) is 11.7 Å². The lowest BCUT2D eigenvalue weighted by molar-refractivity contribution is -0.184. The van der Waals surface area contributed by atoms with E-state index in [0.29, 0.717) is 25.8 Å². The third kappa shape index (κ3) is 5.65. The Hall–Kier alpha value is -2.14. The maximum atomic E-state index is 13.4. The average Bonchev–Trinajstić information content (AvgIpc) is 3.22. The Morgan fingerprint density at radius 1 is 1.12 bits per heavy atom. The number of piperazine rings is 1. The molecule has 228 valence electrons. The van der Waals surface area contributed by atoms with Crippen molar-refractivity contribution in [2.45, 2.75) is 83.3 Å². The molecule has 3 saturated carbocycles. The number of hydrogen-bond acceptors (Lipinski definition) is 9. The van der Waals surface area contributed by atoms with E-state index in [2.05, 4.69) is 22.5 Å². The van der Waals surface area contributed by atoms with Gasteiger partial charge in [-0.3, -0.25) is 24.1 Å². The quantitative estimate of drug-likeness (QED) is 0.298. The first-order valence-electron chi connectivity index (χ1n) is 15.5. The van der Waals surface area contributed by atoms with Crippen molar-refractivity contribution in [2.75, 3.05) is 45.9 Å². The summed E-state index contributed by atoms with van der Waals surface area (Å²) in [4.78, 5) is 52.3. The van der Waals surface area contributed by atoms with Crippen LogP contribution in [0.3, 0.4) is 0 Å². The number of rotatable bonds is 9. The number of amides is 1. The Balaban J connectivity index is 1.13. The molecule has 1 amide bonds. The largest absolute Gasteiger partial charge is 0.458 e. The molecule has 4 N–H and O–H groups in total. The highest BCUT2D eigenvalue weighted by Gasteiger charge is 2.68. The van der Waals surface area contributed by atoms with E-state index in [-0.39, 0.29) is 54.1 Å². The van der Waals surface area contributed by atoms with Gasteiger partial charge in [0.25, 0.3) is 0 Å². The zero-order chi connectivity index (χ0) is 29.4. The predicted molar refractivity (Wildman–Crippen MR) is 151 cm³/mol. The number of allylic oxidation sites excluding steroid dienone is 1. The standard InChI is InChI=1S/C31H47N3O7/c1-29-9-7-21(35)17-20(29)3-4-22-23-8-10-31(40,30(23,2)18-24(36)28(22)29)25(37)19-41-27(39)6-5-26(38)33-13-16-34-14-11-32-12-15-34/h17,22-24,28,32,36,40H,3-16,18-19H2,1-2H3,(H,33,38)/t22-,23-,24-,28+,29-,30-,31-/m0/s1. The minimum absolute atomic E-state index is 0.00744. The van der Waals surface area contributed by atoms with Gasteiger partial charge in [0.05, 0.1) is 12.5 Å². The van der Waals surface area contributed by atoms with Crippen molar-refractivity contribution in [2.24, 2.45) is 28.6 Å². The maximum Gasteiger partial charge on any atom is 0.306 e. The van der Waals surface area contributed by atoms with E-state index in [1.807, 2.05) is 6.92 Å². The maximum absolute atomic E-state index is 13.4. The molecule has 0 aromatic carbocycles. The van der Waals surface area contributed by atoms with Crippen LogP contribution in [0.15, 0.2) is 11.6 Å². The Bertz CT molecular complexity index is 1090. The van der Waals surface area contributed by atoms with Gasteiger partial charge < -0.3 is 25.6 Å². The molecule has 5 rings (SSSR count). The lowest BCUT2D eigenvalue weighted by Gasteiger charge is -2.60. The molecule has 5 aliphatic rings. The number of carbonyl (C=O) groups excluding carboxylic acids is 4. The lowest BCUT2D eigenvalue weighted by atomic mass is 9.45. The first kappa shape index (κ1) is 30.3. The number of nitrogens with one attached hydrogen (secondary N) is 2. The number of fused-ring (bicyclic) bond motifs is 5. The second-order valence-electron chi connectivity index (χ2n) is 13.5. The molecule has 41 heavy (non-hydrogen) atoms. The molecule has 0 radical (unpaired) electrons. The fourth-order valence-electron chi connectivity index (χ4n) is 9.08. The van der Waals surface area contributed by atoms with Crippen LogP contribution < -0.4 is 10.6 Å². The van der Waals surface area contributed by atoms with Crippen molar-refractivity contribution in [3.05, 3.63) is 11.6 Å². The molecule has 0 bridgehead atoms. The van der Waals surface area contributed by atoms with Crippen LogP contribution in [0.1, 0.15) is 71.6 Å². The van der Waals surface area contributed by atoms with Gasteiger partial charge in [-0.15, -0.1) is 0 Å². The highest BCUT2D eigenvalue weighted by atomic mass is 16.5. The molecule has 4 fully saturated rings.